The normalized spacial score (nSPS) is 11.3. The van der Waals surface area contributed by atoms with Crippen LogP contribution in [0.1, 0.15) is 0 Å². The second-order valence-corrected chi connectivity index (χ2v) is 4.63. The SMILES string of the molecule is COCCOCCOCCn1ccc2cc(O)c(O)cc21. The number of methoxy groups -OCH3 is 1. The number of ether oxygens (including phenoxy) is 3. The largest absolute Gasteiger partial charge is 0.504 e. The van der Waals surface area contributed by atoms with Gasteiger partial charge in [-0.15, -0.1) is 0 Å². The highest BCUT2D eigenvalue weighted by atomic mass is 16.5. The van der Waals surface area contributed by atoms with Crippen molar-refractivity contribution in [2.75, 3.05) is 40.1 Å². The van der Waals surface area contributed by atoms with Gasteiger partial charge in [0.2, 0.25) is 0 Å². The predicted molar refractivity (Wildman–Crippen MR) is 78.8 cm³/mol. The number of rotatable bonds is 9. The van der Waals surface area contributed by atoms with Gasteiger partial charge in [-0.1, -0.05) is 0 Å². The summed E-state index contributed by atoms with van der Waals surface area (Å²) < 4.78 is 17.6. The van der Waals surface area contributed by atoms with Crippen LogP contribution in [0.3, 0.4) is 0 Å². The van der Waals surface area contributed by atoms with E-state index >= 15 is 0 Å². The van der Waals surface area contributed by atoms with Gasteiger partial charge in [-0.05, 0) is 12.1 Å². The molecule has 2 rings (SSSR count). The lowest BCUT2D eigenvalue weighted by Gasteiger charge is -2.08. The fourth-order valence-electron chi connectivity index (χ4n) is 2.04. The first-order valence-electron chi connectivity index (χ1n) is 6.87. The molecule has 0 aliphatic heterocycles. The van der Waals surface area contributed by atoms with Gasteiger partial charge in [0.05, 0.1) is 38.6 Å². The van der Waals surface area contributed by atoms with Crippen LogP contribution in [0.15, 0.2) is 24.4 Å². The van der Waals surface area contributed by atoms with E-state index < -0.39 is 0 Å². The number of phenols is 2. The molecule has 2 aromatic rings. The minimum atomic E-state index is -0.116. The molecule has 1 heterocycles. The maximum absolute atomic E-state index is 9.55. The van der Waals surface area contributed by atoms with Gasteiger partial charge in [0, 0.05) is 31.3 Å². The van der Waals surface area contributed by atoms with Gasteiger partial charge in [-0.25, -0.2) is 0 Å². The molecular formula is C15H21NO5. The second kappa shape index (κ2) is 7.87. The summed E-state index contributed by atoms with van der Waals surface area (Å²) in [5.74, 6) is -0.223. The summed E-state index contributed by atoms with van der Waals surface area (Å²) in [5.41, 5.74) is 0.866. The quantitative estimate of drug-likeness (QED) is 0.544. The van der Waals surface area contributed by atoms with Crippen molar-refractivity contribution in [1.29, 1.82) is 0 Å². The average molecular weight is 295 g/mol. The Kier molecular flexibility index (Phi) is 5.86. The third kappa shape index (κ3) is 4.35. The lowest BCUT2D eigenvalue weighted by atomic mass is 10.2. The van der Waals surface area contributed by atoms with Crippen molar-refractivity contribution in [2.45, 2.75) is 6.54 Å². The maximum Gasteiger partial charge on any atom is 0.159 e. The van der Waals surface area contributed by atoms with E-state index in [-0.39, 0.29) is 11.5 Å². The van der Waals surface area contributed by atoms with Crippen LogP contribution >= 0.6 is 0 Å². The zero-order valence-electron chi connectivity index (χ0n) is 12.1. The number of hydrogen-bond acceptors (Lipinski definition) is 5. The summed E-state index contributed by atoms with van der Waals surface area (Å²) in [6, 6.07) is 4.99. The van der Waals surface area contributed by atoms with Gasteiger partial charge in [0.1, 0.15) is 0 Å². The van der Waals surface area contributed by atoms with Crippen molar-refractivity contribution >= 4 is 10.9 Å². The highest BCUT2D eigenvalue weighted by molar-refractivity contribution is 5.83. The molecule has 0 bridgehead atoms. The fourth-order valence-corrected chi connectivity index (χ4v) is 2.04. The number of hydrogen-bond donors (Lipinski definition) is 2. The average Bonchev–Trinajstić information content (AvgIpc) is 2.85. The Hall–Kier alpha value is -1.76. The highest BCUT2D eigenvalue weighted by Gasteiger charge is 2.06. The third-order valence-corrected chi connectivity index (χ3v) is 3.15. The van der Waals surface area contributed by atoms with E-state index in [1.165, 1.54) is 0 Å². The van der Waals surface area contributed by atoms with Gasteiger partial charge < -0.3 is 29.0 Å². The van der Waals surface area contributed by atoms with E-state index in [0.29, 0.717) is 39.6 Å². The summed E-state index contributed by atoms with van der Waals surface area (Å²) in [6.07, 6.45) is 1.90. The smallest absolute Gasteiger partial charge is 0.159 e. The molecule has 1 aromatic carbocycles. The zero-order chi connectivity index (χ0) is 15.1. The molecule has 0 amide bonds. The van der Waals surface area contributed by atoms with Crippen LogP contribution in [0.5, 0.6) is 11.5 Å². The molecule has 0 saturated heterocycles. The van der Waals surface area contributed by atoms with Crippen LogP contribution < -0.4 is 0 Å². The molecule has 0 spiro atoms. The molecule has 1 aromatic heterocycles. The van der Waals surface area contributed by atoms with E-state index in [1.807, 2.05) is 16.8 Å². The molecule has 116 valence electrons. The van der Waals surface area contributed by atoms with Crippen LogP contribution in [0, 0.1) is 0 Å². The van der Waals surface area contributed by atoms with Crippen LogP contribution in [-0.2, 0) is 20.8 Å². The van der Waals surface area contributed by atoms with Gasteiger partial charge in [0.15, 0.2) is 11.5 Å². The van der Waals surface area contributed by atoms with Crippen LogP contribution in [0.2, 0.25) is 0 Å². The highest BCUT2D eigenvalue weighted by Crippen LogP contribution is 2.30. The Bertz CT molecular complexity index is 566. The monoisotopic (exact) mass is 295 g/mol. The van der Waals surface area contributed by atoms with E-state index in [0.717, 1.165) is 10.9 Å². The standard InChI is InChI=1S/C15H21NO5/c1-19-6-7-21-9-8-20-5-4-16-3-2-12-10-14(17)15(18)11-13(12)16/h2-3,10-11,17-18H,4-9H2,1H3. The van der Waals surface area contributed by atoms with Crippen molar-refractivity contribution in [2.24, 2.45) is 0 Å². The Morgan fingerprint density at radius 1 is 0.952 bits per heavy atom. The van der Waals surface area contributed by atoms with Gasteiger partial charge in [0.25, 0.3) is 0 Å². The molecule has 6 nitrogen and oxygen atoms in total. The molecule has 0 aliphatic carbocycles. The molecular weight excluding hydrogens is 274 g/mol. The first-order valence-corrected chi connectivity index (χ1v) is 6.87. The molecule has 2 N–H and O–H groups in total. The molecule has 0 aliphatic rings. The molecule has 21 heavy (non-hydrogen) atoms. The number of aromatic hydroxyl groups is 2. The van der Waals surface area contributed by atoms with Gasteiger partial charge in [-0.2, -0.15) is 0 Å². The van der Waals surface area contributed by atoms with Crippen molar-refractivity contribution < 1.29 is 24.4 Å². The van der Waals surface area contributed by atoms with E-state index in [4.69, 9.17) is 14.2 Å². The molecule has 0 saturated carbocycles. The minimum Gasteiger partial charge on any atom is -0.504 e. The number of fused-ring (bicyclic) bond motifs is 1. The lowest BCUT2D eigenvalue weighted by Crippen LogP contribution is -2.11. The fraction of sp³-hybridized carbons (Fsp3) is 0.467. The third-order valence-electron chi connectivity index (χ3n) is 3.15. The topological polar surface area (TPSA) is 73.1 Å². The number of benzene rings is 1. The zero-order valence-corrected chi connectivity index (χ0v) is 12.1. The Labute approximate surface area is 123 Å². The van der Waals surface area contributed by atoms with Gasteiger partial charge in [-0.3, -0.25) is 0 Å². The molecule has 6 heteroatoms. The van der Waals surface area contributed by atoms with Crippen molar-refractivity contribution in [1.82, 2.24) is 4.57 Å². The Morgan fingerprint density at radius 2 is 1.62 bits per heavy atom. The van der Waals surface area contributed by atoms with Crippen molar-refractivity contribution in [3.8, 4) is 11.5 Å². The van der Waals surface area contributed by atoms with E-state index in [2.05, 4.69) is 0 Å². The number of phenolic OH excluding ortho intramolecular Hbond substituents is 2. The predicted octanol–water partition coefficient (Wildman–Crippen LogP) is 1.73. The Balaban J connectivity index is 1.75. The van der Waals surface area contributed by atoms with Crippen LogP contribution in [0.4, 0.5) is 0 Å². The molecule has 0 atom stereocenters. The maximum atomic E-state index is 9.55. The molecule has 0 fully saturated rings. The summed E-state index contributed by atoms with van der Waals surface area (Å²) in [6.45, 7) is 3.47. The van der Waals surface area contributed by atoms with Crippen LogP contribution in [-0.4, -0.2) is 54.9 Å². The molecule has 0 unspecified atom stereocenters. The summed E-state index contributed by atoms with van der Waals surface area (Å²) in [7, 11) is 1.64. The van der Waals surface area contributed by atoms with Crippen molar-refractivity contribution in [3.63, 3.8) is 0 Å². The van der Waals surface area contributed by atoms with E-state index in [9.17, 15) is 10.2 Å². The lowest BCUT2D eigenvalue weighted by molar-refractivity contribution is 0.0232. The van der Waals surface area contributed by atoms with Gasteiger partial charge >= 0.3 is 0 Å². The first-order chi connectivity index (χ1) is 10.2. The van der Waals surface area contributed by atoms with Crippen molar-refractivity contribution in [3.05, 3.63) is 24.4 Å². The summed E-state index contributed by atoms with van der Waals surface area (Å²) in [5, 5.41) is 19.9. The summed E-state index contributed by atoms with van der Waals surface area (Å²) in [4.78, 5) is 0. The number of aromatic nitrogens is 1. The summed E-state index contributed by atoms with van der Waals surface area (Å²) >= 11 is 0. The van der Waals surface area contributed by atoms with E-state index in [1.54, 1.807) is 19.2 Å². The Morgan fingerprint density at radius 3 is 2.38 bits per heavy atom. The van der Waals surface area contributed by atoms with Crippen LogP contribution in [0.25, 0.3) is 10.9 Å². The number of nitrogens with zero attached hydrogens (tertiary/aromatic N) is 1. The minimum absolute atomic E-state index is 0.107. The second-order valence-electron chi connectivity index (χ2n) is 4.63. The first kappa shape index (κ1) is 15.6. The molecule has 0 radical (unpaired) electrons.